The Balaban J connectivity index is 0.000000147. The average Bonchev–Trinajstić information content (AvgIpc) is 3.78. The summed E-state index contributed by atoms with van der Waals surface area (Å²) in [5.41, 5.74) is 31.0. The van der Waals surface area contributed by atoms with E-state index in [9.17, 15) is 0 Å². The Morgan fingerprint density at radius 3 is 1.91 bits per heavy atom. The number of anilines is 4. The first-order valence-corrected chi connectivity index (χ1v) is 14.5. The third kappa shape index (κ3) is 4.74. The molecule has 8 N–H and O–H groups in total. The molecule has 46 heavy (non-hydrogen) atoms. The van der Waals surface area contributed by atoms with E-state index in [1.54, 1.807) is 6.20 Å². The molecule has 0 aliphatic carbocycles. The molecule has 0 spiro atoms. The van der Waals surface area contributed by atoms with Crippen LogP contribution < -0.4 is 22.9 Å². The summed E-state index contributed by atoms with van der Waals surface area (Å²) in [6, 6.07) is 13.9. The zero-order valence-electron chi connectivity index (χ0n) is 25.5. The van der Waals surface area contributed by atoms with Crippen LogP contribution in [0, 0.1) is 0 Å². The lowest BCUT2D eigenvalue weighted by atomic mass is 10.1. The Labute approximate surface area is 261 Å². The number of aromatic nitrogens is 9. The highest BCUT2D eigenvalue weighted by Gasteiger charge is 2.21. The number of fused-ring (bicyclic) bond motifs is 4. The van der Waals surface area contributed by atoms with Crippen molar-refractivity contribution in [3.05, 3.63) is 55.0 Å². The highest BCUT2D eigenvalue weighted by Crippen LogP contribution is 2.36. The van der Waals surface area contributed by atoms with Gasteiger partial charge >= 0.3 is 0 Å². The van der Waals surface area contributed by atoms with Gasteiger partial charge in [0.25, 0.3) is 12.0 Å². The fraction of sp³-hybridized carbons (Fsp3) is 0.194. The lowest BCUT2D eigenvalue weighted by Gasteiger charge is -2.11. The van der Waals surface area contributed by atoms with Gasteiger partial charge in [-0.2, -0.15) is 20.2 Å². The molecule has 15 heteroatoms. The second-order valence-corrected chi connectivity index (χ2v) is 11.3. The molecule has 0 aliphatic rings. The molecule has 0 atom stereocenters. The van der Waals surface area contributed by atoms with Crippen molar-refractivity contribution in [1.82, 2.24) is 44.5 Å². The first kappa shape index (κ1) is 28.5. The van der Waals surface area contributed by atoms with E-state index >= 15 is 0 Å². The molecule has 0 saturated carbocycles. The SMILES string of the molecule is CC(C)n1nc(-c2ccc3oc(N)nc3c2)c2c(N)nccc21.CC(C)n1nc2ncnc(N)c2c1-c1ccc2oc(N)nc2c1. The van der Waals surface area contributed by atoms with Gasteiger partial charge < -0.3 is 31.8 Å². The van der Waals surface area contributed by atoms with Gasteiger partial charge in [0.2, 0.25) is 0 Å². The van der Waals surface area contributed by atoms with Crippen molar-refractivity contribution in [3.63, 3.8) is 0 Å². The second-order valence-electron chi connectivity index (χ2n) is 11.3. The van der Waals surface area contributed by atoms with Crippen molar-refractivity contribution in [1.29, 1.82) is 0 Å². The van der Waals surface area contributed by atoms with E-state index in [4.69, 9.17) is 36.9 Å². The van der Waals surface area contributed by atoms with Crippen LogP contribution in [-0.2, 0) is 0 Å². The van der Waals surface area contributed by atoms with E-state index in [2.05, 4.69) is 43.9 Å². The maximum Gasteiger partial charge on any atom is 0.292 e. The van der Waals surface area contributed by atoms with E-state index in [1.165, 1.54) is 6.33 Å². The smallest absolute Gasteiger partial charge is 0.292 e. The van der Waals surface area contributed by atoms with Crippen LogP contribution in [-0.4, -0.2) is 44.5 Å². The molecule has 0 aliphatic heterocycles. The maximum absolute atomic E-state index is 6.11. The minimum atomic E-state index is 0.136. The van der Waals surface area contributed by atoms with Gasteiger partial charge in [0.15, 0.2) is 16.8 Å². The molecule has 0 bridgehead atoms. The topological polar surface area (TPSA) is 230 Å². The van der Waals surface area contributed by atoms with E-state index in [-0.39, 0.29) is 24.1 Å². The van der Waals surface area contributed by atoms with E-state index in [1.807, 2.05) is 65.7 Å². The Hall–Kier alpha value is -6.25. The Kier molecular flexibility index (Phi) is 6.65. The minimum absolute atomic E-state index is 0.136. The van der Waals surface area contributed by atoms with Crippen LogP contribution in [0.5, 0.6) is 0 Å². The van der Waals surface area contributed by atoms with Gasteiger partial charge in [-0.1, -0.05) is 0 Å². The summed E-state index contributed by atoms with van der Waals surface area (Å²) in [6.45, 7) is 8.25. The number of nitrogens with zero attached hydrogens (tertiary/aromatic N) is 9. The second kappa shape index (κ2) is 10.7. The molecule has 0 unspecified atom stereocenters. The standard InChI is InChI=1S/C16H16N6O.C15H15N7O/c1-8(2)22-11-5-6-19-15(17)13(11)14(21-22)9-3-4-12-10(7-9)20-16(18)23-12;1-7(2)22-12(11-13(16)18-6-19-14(11)21-22)8-3-4-10-9(5-8)20-15(17)23-10/h3-8H,1-2H3,(H2,17,19)(H2,18,20);3-7H,1-2H3,(H2,17,20)(H2,16,18,19,21). The predicted octanol–water partition coefficient (Wildman–Crippen LogP) is 5.36. The van der Waals surface area contributed by atoms with Crippen LogP contribution >= 0.6 is 0 Å². The van der Waals surface area contributed by atoms with E-state index in [0.29, 0.717) is 39.5 Å². The summed E-state index contributed by atoms with van der Waals surface area (Å²) in [5, 5.41) is 10.9. The van der Waals surface area contributed by atoms with Crippen molar-refractivity contribution in [2.75, 3.05) is 22.9 Å². The number of hydrogen-bond acceptors (Lipinski definition) is 13. The zero-order chi connectivity index (χ0) is 32.3. The summed E-state index contributed by atoms with van der Waals surface area (Å²) in [7, 11) is 0. The number of hydrogen-bond donors (Lipinski definition) is 4. The maximum atomic E-state index is 6.11. The van der Waals surface area contributed by atoms with E-state index in [0.717, 1.165) is 38.8 Å². The number of benzene rings is 2. The van der Waals surface area contributed by atoms with Crippen LogP contribution in [0.2, 0.25) is 0 Å². The molecule has 6 heterocycles. The van der Waals surface area contributed by atoms with Crippen LogP contribution in [0.15, 0.2) is 63.8 Å². The fourth-order valence-corrected chi connectivity index (χ4v) is 5.50. The van der Waals surface area contributed by atoms with Gasteiger partial charge in [0.05, 0.1) is 22.0 Å². The third-order valence-corrected chi connectivity index (χ3v) is 7.51. The molecular formula is C31H31N13O2. The number of oxazole rings is 2. The number of pyridine rings is 1. The lowest BCUT2D eigenvalue weighted by Crippen LogP contribution is -2.04. The largest absolute Gasteiger partial charge is 0.424 e. The highest BCUT2D eigenvalue weighted by atomic mass is 16.4. The average molecular weight is 618 g/mol. The van der Waals surface area contributed by atoms with Crippen LogP contribution in [0.1, 0.15) is 39.8 Å². The molecule has 232 valence electrons. The molecule has 0 radical (unpaired) electrons. The van der Waals surface area contributed by atoms with Gasteiger partial charge in [0, 0.05) is 29.4 Å². The quantitative estimate of drug-likeness (QED) is 0.195. The monoisotopic (exact) mass is 617 g/mol. The molecular weight excluding hydrogens is 586 g/mol. The van der Waals surface area contributed by atoms with Gasteiger partial charge in [-0.05, 0) is 70.2 Å². The summed E-state index contributed by atoms with van der Waals surface area (Å²) in [4.78, 5) is 20.9. The normalized spacial score (nSPS) is 11.8. The van der Waals surface area contributed by atoms with Crippen molar-refractivity contribution in [3.8, 4) is 22.5 Å². The molecule has 6 aromatic heterocycles. The summed E-state index contributed by atoms with van der Waals surface area (Å²) < 4.78 is 14.5. The van der Waals surface area contributed by atoms with Gasteiger partial charge in [-0.15, -0.1) is 0 Å². The van der Waals surface area contributed by atoms with Crippen LogP contribution in [0.3, 0.4) is 0 Å². The summed E-state index contributed by atoms with van der Waals surface area (Å²) in [6.07, 6.45) is 3.12. The number of rotatable bonds is 4. The number of nitrogen functional groups attached to an aromatic ring is 4. The first-order valence-electron chi connectivity index (χ1n) is 14.5. The molecule has 0 amide bonds. The molecule has 0 saturated heterocycles. The van der Waals surface area contributed by atoms with Crippen molar-refractivity contribution in [2.24, 2.45) is 0 Å². The Morgan fingerprint density at radius 2 is 1.26 bits per heavy atom. The van der Waals surface area contributed by atoms with Gasteiger partial charge in [-0.25, -0.2) is 15.0 Å². The van der Waals surface area contributed by atoms with Crippen LogP contribution in [0.4, 0.5) is 23.7 Å². The third-order valence-electron chi connectivity index (χ3n) is 7.51. The van der Waals surface area contributed by atoms with Crippen molar-refractivity contribution in [2.45, 2.75) is 39.8 Å². The Bertz CT molecular complexity index is 2390. The Morgan fingerprint density at radius 1 is 0.652 bits per heavy atom. The predicted molar refractivity (Wildman–Crippen MR) is 177 cm³/mol. The number of nitrogens with two attached hydrogens (primary N) is 4. The molecule has 15 nitrogen and oxygen atoms in total. The van der Waals surface area contributed by atoms with Crippen LogP contribution in [0.25, 0.3) is 66.7 Å². The first-order chi connectivity index (χ1) is 22.1. The lowest BCUT2D eigenvalue weighted by molar-refractivity contribution is 0.542. The molecule has 8 aromatic rings. The molecule has 2 aromatic carbocycles. The minimum Gasteiger partial charge on any atom is -0.424 e. The molecule has 8 rings (SSSR count). The molecule has 0 fully saturated rings. The van der Waals surface area contributed by atoms with Gasteiger partial charge in [-0.3, -0.25) is 9.36 Å². The summed E-state index contributed by atoms with van der Waals surface area (Å²) in [5.74, 6) is 0.862. The van der Waals surface area contributed by atoms with Gasteiger partial charge in [0.1, 0.15) is 34.7 Å². The van der Waals surface area contributed by atoms with Crippen molar-refractivity contribution < 1.29 is 8.83 Å². The highest BCUT2D eigenvalue weighted by molar-refractivity contribution is 6.01. The van der Waals surface area contributed by atoms with E-state index < -0.39 is 0 Å². The zero-order valence-corrected chi connectivity index (χ0v) is 25.5. The van der Waals surface area contributed by atoms with Crippen molar-refractivity contribution >= 4 is 67.8 Å². The fourth-order valence-electron chi connectivity index (χ4n) is 5.50. The summed E-state index contributed by atoms with van der Waals surface area (Å²) >= 11 is 0.